The lowest BCUT2D eigenvalue weighted by molar-refractivity contribution is -0.385. The number of nitro groups is 1. The number of aromatic nitrogens is 2. The van der Waals surface area contributed by atoms with Gasteiger partial charge in [0.25, 0.3) is 0 Å². The van der Waals surface area contributed by atoms with E-state index in [4.69, 9.17) is 4.74 Å². The van der Waals surface area contributed by atoms with Crippen molar-refractivity contribution in [2.45, 2.75) is 13.5 Å². The van der Waals surface area contributed by atoms with Crippen LogP contribution < -0.4 is 4.74 Å². The van der Waals surface area contributed by atoms with E-state index >= 15 is 0 Å². The second-order valence-corrected chi connectivity index (χ2v) is 3.88. The third-order valence-corrected chi connectivity index (χ3v) is 2.48. The molecule has 0 saturated carbocycles. The van der Waals surface area contributed by atoms with Gasteiger partial charge < -0.3 is 9.30 Å². The average Bonchev–Trinajstić information content (AvgIpc) is 2.82. The van der Waals surface area contributed by atoms with Crippen LogP contribution in [0.25, 0.3) is 0 Å². The smallest absolute Gasteiger partial charge is 0.310 e. The van der Waals surface area contributed by atoms with Gasteiger partial charge in [-0.15, -0.1) is 0 Å². The fourth-order valence-corrected chi connectivity index (χ4v) is 1.57. The highest BCUT2D eigenvalue weighted by molar-refractivity contribution is 5.48. The lowest BCUT2D eigenvalue weighted by atomic mass is 10.2. The summed E-state index contributed by atoms with van der Waals surface area (Å²) in [4.78, 5) is 14.3. The monoisotopic (exact) mass is 247 g/mol. The van der Waals surface area contributed by atoms with Crippen LogP contribution in [0.2, 0.25) is 0 Å². The van der Waals surface area contributed by atoms with E-state index in [9.17, 15) is 10.1 Å². The molecule has 1 heterocycles. The van der Waals surface area contributed by atoms with E-state index in [1.54, 1.807) is 24.7 Å². The SMILES string of the molecule is Cc1ccc([N+](=O)[O-])c(OCCn2ccnc2)c1. The van der Waals surface area contributed by atoms with E-state index in [0.29, 0.717) is 18.9 Å². The molecule has 0 amide bonds. The number of nitro benzene ring substituents is 1. The van der Waals surface area contributed by atoms with Gasteiger partial charge in [0.2, 0.25) is 0 Å². The molecule has 0 bridgehead atoms. The zero-order valence-electron chi connectivity index (χ0n) is 9.94. The Hall–Kier alpha value is -2.37. The molecular weight excluding hydrogens is 234 g/mol. The first-order valence-corrected chi connectivity index (χ1v) is 5.50. The standard InChI is InChI=1S/C12H13N3O3/c1-10-2-3-11(15(16)17)12(8-10)18-7-6-14-5-4-13-9-14/h2-5,8-9H,6-7H2,1H3. The van der Waals surface area contributed by atoms with Gasteiger partial charge in [0.1, 0.15) is 6.61 Å². The van der Waals surface area contributed by atoms with Crippen LogP contribution in [-0.4, -0.2) is 21.1 Å². The number of imidazole rings is 1. The van der Waals surface area contributed by atoms with Crippen molar-refractivity contribution >= 4 is 5.69 Å². The summed E-state index contributed by atoms with van der Waals surface area (Å²) in [5.41, 5.74) is 0.921. The number of benzene rings is 1. The summed E-state index contributed by atoms with van der Waals surface area (Å²) in [5, 5.41) is 10.8. The normalized spacial score (nSPS) is 10.3. The molecule has 6 nitrogen and oxygen atoms in total. The second kappa shape index (κ2) is 5.31. The maximum atomic E-state index is 10.8. The van der Waals surface area contributed by atoms with E-state index in [0.717, 1.165) is 5.56 Å². The molecule has 0 aliphatic rings. The Morgan fingerprint density at radius 3 is 3.00 bits per heavy atom. The maximum absolute atomic E-state index is 10.8. The third kappa shape index (κ3) is 2.85. The highest BCUT2D eigenvalue weighted by Gasteiger charge is 2.14. The van der Waals surface area contributed by atoms with Gasteiger partial charge in [0.15, 0.2) is 5.75 Å². The predicted octanol–water partition coefficient (Wildman–Crippen LogP) is 2.18. The van der Waals surface area contributed by atoms with Crippen molar-refractivity contribution < 1.29 is 9.66 Å². The van der Waals surface area contributed by atoms with Crippen molar-refractivity contribution in [2.24, 2.45) is 0 Å². The summed E-state index contributed by atoms with van der Waals surface area (Å²) in [6.07, 6.45) is 5.16. The van der Waals surface area contributed by atoms with Gasteiger partial charge in [-0.2, -0.15) is 0 Å². The van der Waals surface area contributed by atoms with Crippen molar-refractivity contribution in [1.29, 1.82) is 0 Å². The minimum absolute atomic E-state index is 0.00812. The molecule has 94 valence electrons. The highest BCUT2D eigenvalue weighted by atomic mass is 16.6. The molecule has 0 aliphatic carbocycles. The number of hydrogen-bond donors (Lipinski definition) is 0. The van der Waals surface area contributed by atoms with Gasteiger partial charge in [-0.3, -0.25) is 10.1 Å². The zero-order chi connectivity index (χ0) is 13.0. The van der Waals surface area contributed by atoms with Gasteiger partial charge >= 0.3 is 5.69 Å². The molecule has 0 spiro atoms. The molecule has 2 rings (SSSR count). The summed E-state index contributed by atoms with van der Waals surface area (Å²) in [5.74, 6) is 0.306. The van der Waals surface area contributed by atoms with E-state index in [1.807, 2.05) is 17.7 Å². The molecule has 2 aromatic rings. The summed E-state index contributed by atoms with van der Waals surface area (Å²) >= 11 is 0. The lowest BCUT2D eigenvalue weighted by Crippen LogP contribution is -2.07. The van der Waals surface area contributed by atoms with Crippen molar-refractivity contribution in [1.82, 2.24) is 9.55 Å². The van der Waals surface area contributed by atoms with Crippen LogP contribution in [0.3, 0.4) is 0 Å². The van der Waals surface area contributed by atoms with Crippen molar-refractivity contribution in [3.8, 4) is 5.75 Å². The first-order valence-electron chi connectivity index (χ1n) is 5.50. The minimum atomic E-state index is -0.439. The van der Waals surface area contributed by atoms with E-state index in [2.05, 4.69) is 4.98 Å². The molecule has 0 atom stereocenters. The topological polar surface area (TPSA) is 70.2 Å². The molecular formula is C12H13N3O3. The summed E-state index contributed by atoms with van der Waals surface area (Å²) < 4.78 is 7.31. The molecule has 0 radical (unpaired) electrons. The van der Waals surface area contributed by atoms with Crippen molar-refractivity contribution in [3.63, 3.8) is 0 Å². The van der Waals surface area contributed by atoms with E-state index in [-0.39, 0.29) is 5.69 Å². The largest absolute Gasteiger partial charge is 0.485 e. The lowest BCUT2D eigenvalue weighted by Gasteiger charge is -2.07. The van der Waals surface area contributed by atoms with E-state index < -0.39 is 4.92 Å². The van der Waals surface area contributed by atoms with Gasteiger partial charge in [-0.1, -0.05) is 6.07 Å². The first kappa shape index (κ1) is 12.1. The molecule has 0 N–H and O–H groups in total. The Morgan fingerprint density at radius 2 is 2.33 bits per heavy atom. The van der Waals surface area contributed by atoms with Gasteiger partial charge in [-0.05, 0) is 18.6 Å². The van der Waals surface area contributed by atoms with Crippen molar-refractivity contribution in [2.75, 3.05) is 6.61 Å². The number of rotatable bonds is 5. The summed E-state index contributed by atoms with van der Waals surface area (Å²) in [6, 6.07) is 4.83. The zero-order valence-corrected chi connectivity index (χ0v) is 9.94. The number of aryl methyl sites for hydroxylation is 1. The van der Waals surface area contributed by atoms with Crippen LogP contribution in [-0.2, 0) is 6.54 Å². The van der Waals surface area contributed by atoms with Gasteiger partial charge in [0.05, 0.1) is 17.8 Å². The third-order valence-electron chi connectivity index (χ3n) is 2.48. The van der Waals surface area contributed by atoms with Gasteiger partial charge in [-0.25, -0.2) is 4.98 Å². The fourth-order valence-electron chi connectivity index (χ4n) is 1.57. The fraction of sp³-hybridized carbons (Fsp3) is 0.250. The highest BCUT2D eigenvalue weighted by Crippen LogP contribution is 2.27. The Kier molecular flexibility index (Phi) is 3.57. The quantitative estimate of drug-likeness (QED) is 0.599. The van der Waals surface area contributed by atoms with Crippen LogP contribution in [0.4, 0.5) is 5.69 Å². The molecule has 6 heteroatoms. The number of ether oxygens (including phenoxy) is 1. The summed E-state index contributed by atoms with van der Waals surface area (Å²) in [6.45, 7) is 2.83. The molecule has 0 aliphatic heterocycles. The molecule has 1 aromatic carbocycles. The maximum Gasteiger partial charge on any atom is 0.310 e. The molecule has 0 unspecified atom stereocenters. The van der Waals surface area contributed by atoms with Crippen LogP contribution in [0.5, 0.6) is 5.75 Å². The molecule has 1 aromatic heterocycles. The second-order valence-electron chi connectivity index (χ2n) is 3.88. The summed E-state index contributed by atoms with van der Waals surface area (Å²) in [7, 11) is 0. The minimum Gasteiger partial charge on any atom is -0.485 e. The first-order chi connectivity index (χ1) is 8.66. The van der Waals surface area contributed by atoms with Crippen LogP contribution in [0.1, 0.15) is 5.56 Å². The number of hydrogen-bond acceptors (Lipinski definition) is 4. The Morgan fingerprint density at radius 1 is 1.50 bits per heavy atom. The molecule has 0 fully saturated rings. The van der Waals surface area contributed by atoms with E-state index in [1.165, 1.54) is 6.07 Å². The Balaban J connectivity index is 2.03. The van der Waals surface area contributed by atoms with Crippen LogP contribution in [0, 0.1) is 17.0 Å². The Bertz CT molecular complexity index is 538. The van der Waals surface area contributed by atoms with Crippen LogP contribution in [0.15, 0.2) is 36.9 Å². The molecule has 0 saturated heterocycles. The Labute approximate surface area is 104 Å². The number of nitrogens with zero attached hydrogens (tertiary/aromatic N) is 3. The average molecular weight is 247 g/mol. The predicted molar refractivity (Wildman–Crippen MR) is 65.6 cm³/mol. The van der Waals surface area contributed by atoms with Gasteiger partial charge in [0, 0.05) is 18.5 Å². The van der Waals surface area contributed by atoms with Crippen molar-refractivity contribution in [3.05, 3.63) is 52.6 Å². The molecule has 18 heavy (non-hydrogen) atoms. The van der Waals surface area contributed by atoms with Crippen LogP contribution >= 0.6 is 0 Å².